The zero-order chi connectivity index (χ0) is 22.3. The molecule has 1 aromatic heterocycles. The van der Waals surface area contributed by atoms with E-state index in [0.717, 1.165) is 16.5 Å². The van der Waals surface area contributed by atoms with Crippen LogP contribution in [0.15, 0.2) is 84.0 Å². The molecule has 0 spiro atoms. The number of hydrogen-bond donors (Lipinski definition) is 1. The number of ether oxygens (including phenoxy) is 1. The highest BCUT2D eigenvalue weighted by atomic mass is 35.5. The number of amides is 1. The van der Waals surface area contributed by atoms with Crippen molar-refractivity contribution in [1.29, 1.82) is 0 Å². The van der Waals surface area contributed by atoms with Gasteiger partial charge in [-0.2, -0.15) is 5.10 Å². The van der Waals surface area contributed by atoms with Crippen LogP contribution < -0.4 is 10.2 Å². The Hall–Kier alpha value is -4.14. The molecule has 1 N–H and O–H groups in total. The Balaban J connectivity index is 1.64. The monoisotopic (exact) mass is 439 g/mol. The number of nitrogens with zero attached hydrogens (tertiary/aromatic N) is 2. The van der Waals surface area contributed by atoms with E-state index in [-0.39, 0.29) is 12.5 Å². The van der Waals surface area contributed by atoms with Crippen LogP contribution in [0.1, 0.15) is 15.9 Å². The van der Waals surface area contributed by atoms with E-state index in [9.17, 15) is 4.79 Å². The number of fused-ring (bicyclic) bond motifs is 1. The number of aromatic nitrogens is 1. The SMILES string of the molecule is C#CCOc1ccc(Cl)cc1/C=N\NC(=O)c1cc(-c2ccccc2)nc2ccccc12. The first-order valence-electron chi connectivity index (χ1n) is 9.80. The van der Waals surface area contributed by atoms with Crippen molar-refractivity contribution in [1.82, 2.24) is 10.4 Å². The lowest BCUT2D eigenvalue weighted by molar-refractivity contribution is 0.0956. The molecule has 5 nitrogen and oxygen atoms in total. The van der Waals surface area contributed by atoms with Gasteiger partial charge in [-0.1, -0.05) is 66.1 Å². The Bertz CT molecular complexity index is 1340. The summed E-state index contributed by atoms with van der Waals surface area (Å²) < 4.78 is 5.50. The summed E-state index contributed by atoms with van der Waals surface area (Å²) in [5.74, 6) is 2.58. The summed E-state index contributed by atoms with van der Waals surface area (Å²) in [6.07, 6.45) is 6.73. The van der Waals surface area contributed by atoms with Gasteiger partial charge in [0.2, 0.25) is 0 Å². The lowest BCUT2D eigenvalue weighted by Crippen LogP contribution is -2.18. The maximum Gasteiger partial charge on any atom is 0.272 e. The van der Waals surface area contributed by atoms with Crippen LogP contribution in [-0.4, -0.2) is 23.7 Å². The minimum absolute atomic E-state index is 0.111. The molecule has 0 atom stereocenters. The Labute approximate surface area is 190 Å². The van der Waals surface area contributed by atoms with Gasteiger partial charge in [0.1, 0.15) is 12.4 Å². The van der Waals surface area contributed by atoms with Crippen molar-refractivity contribution >= 4 is 34.6 Å². The molecule has 0 bridgehead atoms. The van der Waals surface area contributed by atoms with Crippen molar-refractivity contribution in [2.45, 2.75) is 0 Å². The number of hydrogen-bond acceptors (Lipinski definition) is 4. The summed E-state index contributed by atoms with van der Waals surface area (Å²) >= 11 is 6.08. The smallest absolute Gasteiger partial charge is 0.272 e. The minimum atomic E-state index is -0.356. The third kappa shape index (κ3) is 4.77. The summed E-state index contributed by atoms with van der Waals surface area (Å²) in [7, 11) is 0. The fourth-order valence-electron chi connectivity index (χ4n) is 3.21. The molecule has 0 radical (unpaired) electrons. The Morgan fingerprint density at radius 3 is 2.69 bits per heavy atom. The zero-order valence-electron chi connectivity index (χ0n) is 17.0. The summed E-state index contributed by atoms with van der Waals surface area (Å²) in [5.41, 5.74) is 6.01. The molecule has 0 aliphatic rings. The summed E-state index contributed by atoms with van der Waals surface area (Å²) in [6.45, 7) is 0.111. The van der Waals surface area contributed by atoms with Gasteiger partial charge in [0.05, 0.1) is 23.0 Å². The van der Waals surface area contributed by atoms with Crippen LogP contribution in [0.3, 0.4) is 0 Å². The summed E-state index contributed by atoms with van der Waals surface area (Å²) in [6, 6.07) is 24.0. The maximum absolute atomic E-state index is 13.0. The molecule has 1 heterocycles. The van der Waals surface area contributed by atoms with Crippen LogP contribution in [0.25, 0.3) is 22.2 Å². The molecular weight excluding hydrogens is 422 g/mol. The van der Waals surface area contributed by atoms with Crippen LogP contribution >= 0.6 is 11.6 Å². The molecule has 0 saturated heterocycles. The van der Waals surface area contributed by atoms with Gasteiger partial charge in [-0.15, -0.1) is 6.42 Å². The van der Waals surface area contributed by atoms with E-state index in [0.29, 0.717) is 27.6 Å². The van der Waals surface area contributed by atoms with Gasteiger partial charge in [0.15, 0.2) is 0 Å². The molecule has 0 saturated carbocycles. The normalized spacial score (nSPS) is 10.8. The quantitative estimate of drug-likeness (QED) is 0.251. The van der Waals surface area contributed by atoms with Crippen LogP contribution in [0.2, 0.25) is 5.02 Å². The molecule has 4 aromatic rings. The highest BCUT2D eigenvalue weighted by molar-refractivity contribution is 6.30. The second-order valence-electron chi connectivity index (χ2n) is 6.81. The lowest BCUT2D eigenvalue weighted by Gasteiger charge is -2.09. The van der Waals surface area contributed by atoms with Crippen molar-refractivity contribution in [2.24, 2.45) is 5.10 Å². The number of benzene rings is 3. The maximum atomic E-state index is 13.0. The van der Waals surface area contributed by atoms with Crippen molar-refractivity contribution in [3.05, 3.63) is 95.0 Å². The van der Waals surface area contributed by atoms with E-state index in [1.807, 2.05) is 54.6 Å². The van der Waals surface area contributed by atoms with Crippen LogP contribution in [0, 0.1) is 12.3 Å². The van der Waals surface area contributed by atoms with Gasteiger partial charge in [0, 0.05) is 21.5 Å². The van der Waals surface area contributed by atoms with E-state index in [1.165, 1.54) is 6.21 Å². The van der Waals surface area contributed by atoms with Crippen molar-refractivity contribution < 1.29 is 9.53 Å². The van der Waals surface area contributed by atoms with E-state index >= 15 is 0 Å². The van der Waals surface area contributed by atoms with Gasteiger partial charge >= 0.3 is 0 Å². The van der Waals surface area contributed by atoms with Gasteiger partial charge in [-0.25, -0.2) is 10.4 Å². The average molecular weight is 440 g/mol. The van der Waals surface area contributed by atoms with E-state index in [4.69, 9.17) is 27.7 Å². The standard InChI is InChI=1S/C26H18ClN3O2/c1-2-14-32-25-13-12-20(27)15-19(25)17-28-30-26(31)22-16-24(18-8-4-3-5-9-18)29-23-11-7-6-10-21(22)23/h1,3-13,15-17H,14H2,(H,30,31)/b28-17-. The van der Waals surface area contributed by atoms with E-state index in [2.05, 4.69) is 16.4 Å². The van der Waals surface area contributed by atoms with E-state index in [1.54, 1.807) is 24.3 Å². The van der Waals surface area contributed by atoms with Crippen molar-refractivity contribution in [2.75, 3.05) is 6.61 Å². The van der Waals surface area contributed by atoms with E-state index < -0.39 is 0 Å². The number of rotatable bonds is 6. The number of halogens is 1. The van der Waals surface area contributed by atoms with Crippen LogP contribution in [0.4, 0.5) is 0 Å². The van der Waals surface area contributed by atoms with Gasteiger partial charge in [-0.3, -0.25) is 4.79 Å². The Morgan fingerprint density at radius 2 is 1.88 bits per heavy atom. The topological polar surface area (TPSA) is 63.6 Å². The molecule has 0 fully saturated rings. The number of pyridine rings is 1. The molecule has 1 amide bonds. The molecule has 4 rings (SSSR count). The number of carbonyl (C=O) groups excluding carboxylic acids is 1. The van der Waals surface area contributed by atoms with Crippen molar-refractivity contribution in [3.8, 4) is 29.4 Å². The molecule has 6 heteroatoms. The number of nitrogens with one attached hydrogen (secondary N) is 1. The molecular formula is C26H18ClN3O2. The lowest BCUT2D eigenvalue weighted by atomic mass is 10.0. The number of para-hydroxylation sites is 1. The number of carbonyl (C=O) groups is 1. The summed E-state index contributed by atoms with van der Waals surface area (Å²) in [5, 5.41) is 5.35. The number of terminal acetylenes is 1. The zero-order valence-corrected chi connectivity index (χ0v) is 17.7. The third-order valence-corrected chi connectivity index (χ3v) is 4.92. The number of hydrazone groups is 1. The summed E-state index contributed by atoms with van der Waals surface area (Å²) in [4.78, 5) is 17.7. The van der Waals surface area contributed by atoms with Crippen molar-refractivity contribution in [3.63, 3.8) is 0 Å². The Kier molecular flexibility index (Phi) is 6.45. The second-order valence-corrected chi connectivity index (χ2v) is 7.25. The second kappa shape index (κ2) is 9.78. The predicted molar refractivity (Wildman–Crippen MR) is 128 cm³/mol. The minimum Gasteiger partial charge on any atom is -0.480 e. The fraction of sp³-hybridized carbons (Fsp3) is 0.0385. The first-order valence-corrected chi connectivity index (χ1v) is 10.2. The first-order chi connectivity index (χ1) is 15.7. The third-order valence-electron chi connectivity index (χ3n) is 4.68. The molecule has 0 unspecified atom stereocenters. The average Bonchev–Trinajstić information content (AvgIpc) is 2.83. The highest BCUT2D eigenvalue weighted by Gasteiger charge is 2.13. The fourth-order valence-corrected chi connectivity index (χ4v) is 3.39. The Morgan fingerprint density at radius 1 is 1.09 bits per heavy atom. The molecule has 156 valence electrons. The van der Waals surface area contributed by atoms with Gasteiger partial charge < -0.3 is 4.74 Å². The first kappa shape index (κ1) is 21.1. The molecule has 32 heavy (non-hydrogen) atoms. The molecule has 0 aliphatic carbocycles. The molecule has 0 aliphatic heterocycles. The largest absolute Gasteiger partial charge is 0.480 e. The predicted octanol–water partition coefficient (Wildman–Crippen LogP) is 5.33. The van der Waals surface area contributed by atoms with Crippen LogP contribution in [-0.2, 0) is 0 Å². The highest BCUT2D eigenvalue weighted by Crippen LogP contribution is 2.25. The van der Waals surface area contributed by atoms with Gasteiger partial charge in [0.25, 0.3) is 5.91 Å². The molecule has 3 aromatic carbocycles. The van der Waals surface area contributed by atoms with Gasteiger partial charge in [-0.05, 0) is 30.3 Å². The van der Waals surface area contributed by atoms with Crippen LogP contribution in [0.5, 0.6) is 5.75 Å².